The lowest BCUT2D eigenvalue weighted by Crippen LogP contribution is -2.30. The fourth-order valence-corrected chi connectivity index (χ4v) is 1.12. The van der Waals surface area contributed by atoms with Crippen LogP contribution in [0.15, 0.2) is 0 Å². The van der Waals surface area contributed by atoms with Crippen LogP contribution in [0.3, 0.4) is 0 Å². The normalized spacial score (nSPS) is 19.7. The Morgan fingerprint density at radius 3 is 1.77 bits per heavy atom. The van der Waals surface area contributed by atoms with Crippen LogP contribution in [0.1, 0.15) is 39.0 Å². The molecule has 0 unspecified atom stereocenters. The zero-order valence-corrected chi connectivity index (χ0v) is 7.69. The first-order valence-corrected chi connectivity index (χ1v) is 4.25. The summed E-state index contributed by atoms with van der Waals surface area (Å²) in [6, 6.07) is 0. The predicted molar refractivity (Wildman–Crippen MR) is 44.6 cm³/mol. The van der Waals surface area contributed by atoms with Gasteiger partial charge in [-0.1, -0.05) is 6.42 Å². The van der Waals surface area contributed by atoms with Crippen molar-refractivity contribution in [1.82, 2.24) is 0 Å². The number of rotatable bonds is 0. The Bertz CT molecular complexity index is 147. The van der Waals surface area contributed by atoms with Gasteiger partial charge in [0.15, 0.2) is 5.79 Å². The van der Waals surface area contributed by atoms with Gasteiger partial charge >= 0.3 is 5.97 Å². The molecule has 0 bridgehead atoms. The zero-order chi connectivity index (χ0) is 10.3. The third-order valence-corrected chi connectivity index (χ3v) is 1.78. The maximum atomic E-state index is 9.34. The molecule has 5 heteroatoms. The average molecular weight is 192 g/mol. The van der Waals surface area contributed by atoms with E-state index < -0.39 is 11.8 Å². The van der Waals surface area contributed by atoms with E-state index in [-0.39, 0.29) is 0 Å². The molecular formula is C8H16O5. The highest BCUT2D eigenvalue weighted by molar-refractivity contribution is 5.64. The number of aliphatic hydroxyl groups is 2. The Hall–Kier alpha value is -0.650. The maximum Gasteiger partial charge on any atom is 0.339 e. The molecule has 0 atom stereocenters. The molecule has 1 aliphatic carbocycles. The molecule has 13 heavy (non-hydrogen) atoms. The molecule has 78 valence electrons. The van der Waals surface area contributed by atoms with Gasteiger partial charge in [0.2, 0.25) is 0 Å². The number of carbonyl (C=O) groups excluding carboxylic acids is 1. The molecule has 0 aromatic heterocycles. The highest BCUT2D eigenvalue weighted by Gasteiger charge is 2.24. The highest BCUT2D eigenvalue weighted by Crippen LogP contribution is 2.24. The van der Waals surface area contributed by atoms with E-state index in [4.69, 9.17) is 15.5 Å². The summed E-state index contributed by atoms with van der Waals surface area (Å²) in [4.78, 5) is 12.5. The summed E-state index contributed by atoms with van der Waals surface area (Å²) >= 11 is 0. The summed E-state index contributed by atoms with van der Waals surface area (Å²) in [5.41, 5.74) is 0. The van der Waals surface area contributed by atoms with Gasteiger partial charge in [0, 0.05) is 19.8 Å². The van der Waals surface area contributed by atoms with Crippen LogP contribution in [0, 0.1) is 0 Å². The molecule has 0 heterocycles. The molecule has 0 aliphatic heterocycles. The van der Waals surface area contributed by atoms with Gasteiger partial charge in [-0.3, -0.25) is 0 Å². The third-order valence-electron chi connectivity index (χ3n) is 1.78. The Labute approximate surface area is 76.9 Å². The standard InChI is InChI=1S/C6H12O2.C2H4O3/c7-6(8)4-2-1-3-5-6;1-2(3)5-4/h7-8H,1-5H2;4H,1H3. The van der Waals surface area contributed by atoms with E-state index in [9.17, 15) is 4.79 Å². The van der Waals surface area contributed by atoms with Crippen LogP contribution in [0.4, 0.5) is 0 Å². The summed E-state index contributed by atoms with van der Waals surface area (Å²) in [5, 5.41) is 25.2. The Kier molecular flexibility index (Phi) is 5.61. The first-order chi connectivity index (χ1) is 5.98. The molecule has 3 N–H and O–H groups in total. The van der Waals surface area contributed by atoms with Gasteiger partial charge in [-0.2, -0.15) is 5.26 Å². The lowest BCUT2D eigenvalue weighted by Gasteiger charge is -2.25. The first-order valence-electron chi connectivity index (χ1n) is 4.25. The summed E-state index contributed by atoms with van der Waals surface area (Å²) in [5.74, 6) is -2.01. The van der Waals surface area contributed by atoms with E-state index in [0.717, 1.165) is 26.2 Å². The molecule has 1 saturated carbocycles. The monoisotopic (exact) mass is 192 g/mol. The maximum absolute atomic E-state index is 9.34. The van der Waals surface area contributed by atoms with E-state index in [0.29, 0.717) is 12.8 Å². The molecule has 0 saturated heterocycles. The van der Waals surface area contributed by atoms with E-state index in [1.165, 1.54) is 0 Å². The minimum atomic E-state index is -1.32. The lowest BCUT2D eigenvalue weighted by molar-refractivity contribution is -0.231. The largest absolute Gasteiger partial charge is 0.366 e. The van der Waals surface area contributed by atoms with Gasteiger partial charge in [-0.05, 0) is 12.8 Å². The number of carbonyl (C=O) groups is 1. The SMILES string of the molecule is CC(=O)OO.OC1(O)CCCCC1. The molecule has 0 radical (unpaired) electrons. The van der Waals surface area contributed by atoms with Crippen LogP contribution in [0.5, 0.6) is 0 Å². The van der Waals surface area contributed by atoms with Crippen molar-refractivity contribution in [3.05, 3.63) is 0 Å². The molecule has 5 nitrogen and oxygen atoms in total. The summed E-state index contributed by atoms with van der Waals surface area (Å²) in [6.07, 6.45) is 4.21. The Balaban J connectivity index is 0.000000252. The van der Waals surface area contributed by atoms with E-state index in [1.807, 2.05) is 0 Å². The van der Waals surface area contributed by atoms with E-state index >= 15 is 0 Å². The molecule has 0 aromatic carbocycles. The molecular weight excluding hydrogens is 176 g/mol. The van der Waals surface area contributed by atoms with E-state index in [1.54, 1.807) is 0 Å². The van der Waals surface area contributed by atoms with Crippen molar-refractivity contribution in [1.29, 1.82) is 0 Å². The van der Waals surface area contributed by atoms with Crippen LogP contribution in [-0.4, -0.2) is 27.2 Å². The minimum Gasteiger partial charge on any atom is -0.366 e. The van der Waals surface area contributed by atoms with Crippen molar-refractivity contribution in [3.8, 4) is 0 Å². The van der Waals surface area contributed by atoms with Crippen LogP contribution < -0.4 is 0 Å². The van der Waals surface area contributed by atoms with Gasteiger partial charge in [0.25, 0.3) is 0 Å². The Morgan fingerprint density at radius 1 is 1.23 bits per heavy atom. The molecule has 1 fully saturated rings. The summed E-state index contributed by atoms with van der Waals surface area (Å²) < 4.78 is 0. The second-order valence-corrected chi connectivity index (χ2v) is 3.13. The second-order valence-electron chi connectivity index (χ2n) is 3.13. The summed E-state index contributed by atoms with van der Waals surface area (Å²) in [7, 11) is 0. The minimum absolute atomic E-state index is 0.562. The topological polar surface area (TPSA) is 87.0 Å². The molecule has 1 aliphatic rings. The fourth-order valence-electron chi connectivity index (χ4n) is 1.12. The van der Waals surface area contributed by atoms with Crippen LogP contribution in [-0.2, 0) is 9.68 Å². The molecule has 0 aromatic rings. The second kappa shape index (κ2) is 5.90. The first kappa shape index (κ1) is 12.3. The Morgan fingerprint density at radius 2 is 1.62 bits per heavy atom. The molecule has 1 rings (SSSR count). The van der Waals surface area contributed by atoms with Crippen molar-refractivity contribution in [2.45, 2.75) is 44.8 Å². The predicted octanol–water partition coefficient (Wildman–Crippen LogP) is 0.654. The molecule has 0 amide bonds. The van der Waals surface area contributed by atoms with Crippen molar-refractivity contribution in [2.24, 2.45) is 0 Å². The third kappa shape index (κ3) is 7.70. The van der Waals surface area contributed by atoms with Crippen LogP contribution in [0.2, 0.25) is 0 Å². The number of hydrogen-bond donors (Lipinski definition) is 3. The number of hydrogen-bond acceptors (Lipinski definition) is 5. The molecule has 0 spiro atoms. The smallest absolute Gasteiger partial charge is 0.339 e. The van der Waals surface area contributed by atoms with Gasteiger partial charge < -0.3 is 15.1 Å². The van der Waals surface area contributed by atoms with Gasteiger partial charge in [-0.25, -0.2) is 4.79 Å². The van der Waals surface area contributed by atoms with Crippen LogP contribution >= 0.6 is 0 Å². The summed E-state index contributed by atoms with van der Waals surface area (Å²) in [6.45, 7) is 1.11. The van der Waals surface area contributed by atoms with Gasteiger partial charge in [0.05, 0.1) is 0 Å². The van der Waals surface area contributed by atoms with Crippen molar-refractivity contribution < 1.29 is 25.2 Å². The van der Waals surface area contributed by atoms with E-state index in [2.05, 4.69) is 4.89 Å². The lowest BCUT2D eigenvalue weighted by atomic mass is 9.95. The van der Waals surface area contributed by atoms with Crippen molar-refractivity contribution in [3.63, 3.8) is 0 Å². The van der Waals surface area contributed by atoms with Crippen molar-refractivity contribution >= 4 is 5.97 Å². The quantitative estimate of drug-likeness (QED) is 0.298. The van der Waals surface area contributed by atoms with Gasteiger partial charge in [0.1, 0.15) is 0 Å². The highest BCUT2D eigenvalue weighted by atomic mass is 17.1. The fraction of sp³-hybridized carbons (Fsp3) is 0.875. The van der Waals surface area contributed by atoms with Crippen LogP contribution in [0.25, 0.3) is 0 Å². The average Bonchev–Trinajstić information content (AvgIpc) is 2.05. The van der Waals surface area contributed by atoms with Gasteiger partial charge in [-0.15, -0.1) is 0 Å². The van der Waals surface area contributed by atoms with Crippen molar-refractivity contribution in [2.75, 3.05) is 0 Å². The zero-order valence-electron chi connectivity index (χ0n) is 7.69.